The van der Waals surface area contributed by atoms with Gasteiger partial charge in [-0.05, 0) is 68.3 Å². The van der Waals surface area contributed by atoms with Crippen LogP contribution in [0.15, 0.2) is 94.7 Å². The van der Waals surface area contributed by atoms with Crippen LogP contribution in [0.4, 0.5) is 5.69 Å². The van der Waals surface area contributed by atoms with Gasteiger partial charge in [0.2, 0.25) is 5.91 Å². The summed E-state index contributed by atoms with van der Waals surface area (Å²) in [5.74, 6) is 2.43. The molecule has 13 heteroatoms. The van der Waals surface area contributed by atoms with Crippen molar-refractivity contribution in [3.8, 4) is 17.8 Å². The van der Waals surface area contributed by atoms with Gasteiger partial charge in [-0.2, -0.15) is 0 Å². The number of anilines is 1. The SMILES string of the molecule is Cc1ccoc1C(=O)Nc1cccc(C#COc2cncc(C(N)=O)c2)c1.O=CCCCN1CCN(CCOCCO)CC1.Sc1ccccc1. The quantitative estimate of drug-likeness (QED) is 0.0681. The number of amides is 2. The Morgan fingerprint density at radius 2 is 1.76 bits per heavy atom. The summed E-state index contributed by atoms with van der Waals surface area (Å²) in [7, 11) is 0. The van der Waals surface area contributed by atoms with Gasteiger partial charge in [0.15, 0.2) is 11.5 Å². The van der Waals surface area contributed by atoms with Crippen LogP contribution in [0, 0.1) is 19.0 Å². The second-order valence-corrected chi connectivity index (χ2v) is 11.8. The van der Waals surface area contributed by atoms with Crippen molar-refractivity contribution in [2.75, 3.05) is 64.4 Å². The summed E-state index contributed by atoms with van der Waals surface area (Å²) in [5, 5.41) is 11.3. The Hall–Kier alpha value is -4.97. The molecule has 1 aliphatic heterocycles. The first-order valence-corrected chi connectivity index (χ1v) is 16.9. The summed E-state index contributed by atoms with van der Waals surface area (Å²) in [6.45, 7) is 9.32. The van der Waals surface area contributed by atoms with E-state index in [1.807, 2.05) is 30.3 Å². The third-order valence-electron chi connectivity index (χ3n) is 7.36. The Morgan fingerprint density at radius 1 is 1.02 bits per heavy atom. The molecule has 1 saturated heterocycles. The lowest BCUT2D eigenvalue weighted by molar-refractivity contribution is -0.108. The molecule has 270 valence electrons. The highest BCUT2D eigenvalue weighted by Crippen LogP contribution is 2.15. The highest BCUT2D eigenvalue weighted by Gasteiger charge is 2.16. The maximum Gasteiger partial charge on any atom is 0.291 e. The average molecular weight is 716 g/mol. The fourth-order valence-corrected chi connectivity index (χ4v) is 4.82. The van der Waals surface area contributed by atoms with E-state index in [1.165, 1.54) is 24.7 Å². The summed E-state index contributed by atoms with van der Waals surface area (Å²) in [5.41, 5.74) is 7.37. The van der Waals surface area contributed by atoms with Crippen molar-refractivity contribution in [1.29, 1.82) is 0 Å². The molecule has 3 heterocycles. The summed E-state index contributed by atoms with van der Waals surface area (Å²) in [4.78, 5) is 43.2. The molecule has 4 N–H and O–H groups in total. The molecule has 0 bridgehead atoms. The molecular formula is C38H45N5O7S. The summed E-state index contributed by atoms with van der Waals surface area (Å²) in [6.07, 6.45) is 9.40. The number of hydrogen-bond acceptors (Lipinski definition) is 11. The number of thiol groups is 1. The van der Waals surface area contributed by atoms with E-state index < -0.39 is 5.91 Å². The number of unbranched alkanes of at least 4 members (excludes halogenated alkanes) is 1. The van der Waals surface area contributed by atoms with Crippen LogP contribution in [0.2, 0.25) is 0 Å². The van der Waals surface area contributed by atoms with Gasteiger partial charge in [-0.15, -0.1) is 12.6 Å². The zero-order valence-corrected chi connectivity index (χ0v) is 29.6. The van der Waals surface area contributed by atoms with Crippen LogP contribution in [0.3, 0.4) is 0 Å². The topological polar surface area (TPSA) is 160 Å². The van der Waals surface area contributed by atoms with Crippen LogP contribution in [0.1, 0.15) is 44.9 Å². The number of ether oxygens (including phenoxy) is 2. The van der Waals surface area contributed by atoms with Gasteiger partial charge in [0, 0.05) is 67.1 Å². The number of aromatic nitrogens is 1. The first-order valence-electron chi connectivity index (χ1n) is 16.5. The van der Waals surface area contributed by atoms with Crippen LogP contribution in [0.25, 0.3) is 0 Å². The molecule has 2 aromatic heterocycles. The predicted molar refractivity (Wildman–Crippen MR) is 198 cm³/mol. The van der Waals surface area contributed by atoms with Crippen LogP contribution >= 0.6 is 12.6 Å². The third-order valence-corrected chi connectivity index (χ3v) is 7.65. The maximum absolute atomic E-state index is 12.2. The van der Waals surface area contributed by atoms with Gasteiger partial charge in [-0.3, -0.25) is 19.5 Å². The second kappa shape index (κ2) is 23.4. The number of nitrogens with one attached hydrogen (secondary N) is 1. The fourth-order valence-electron chi connectivity index (χ4n) is 4.64. The number of primary amides is 1. The number of carbonyl (C=O) groups excluding carboxylic acids is 3. The Kier molecular flexibility index (Phi) is 18.6. The van der Waals surface area contributed by atoms with Crippen molar-refractivity contribution in [3.05, 3.63) is 108 Å². The minimum absolute atomic E-state index is 0.102. The molecule has 1 fully saturated rings. The average Bonchev–Trinajstić information content (AvgIpc) is 3.58. The van der Waals surface area contributed by atoms with Gasteiger partial charge in [0.25, 0.3) is 5.91 Å². The molecule has 1 aliphatic rings. The van der Waals surface area contributed by atoms with Crippen LogP contribution in [0.5, 0.6) is 5.75 Å². The van der Waals surface area contributed by atoms with Crippen molar-refractivity contribution < 1.29 is 33.4 Å². The Labute approximate surface area is 304 Å². The fraction of sp³-hybridized carbons (Fsp3) is 0.316. The number of hydrogen-bond donors (Lipinski definition) is 4. The predicted octanol–water partition coefficient (Wildman–Crippen LogP) is 4.29. The van der Waals surface area contributed by atoms with E-state index in [1.54, 1.807) is 37.3 Å². The van der Waals surface area contributed by atoms with Crippen molar-refractivity contribution in [2.24, 2.45) is 5.73 Å². The first kappa shape index (κ1) is 40.5. The molecule has 2 amide bonds. The van der Waals surface area contributed by atoms with Gasteiger partial charge in [-0.25, -0.2) is 0 Å². The lowest BCUT2D eigenvalue weighted by atomic mass is 10.2. The Balaban J connectivity index is 0.000000247. The number of pyridine rings is 1. The number of aliphatic hydroxyl groups excluding tert-OH is 1. The smallest absolute Gasteiger partial charge is 0.291 e. The minimum atomic E-state index is -0.601. The van der Waals surface area contributed by atoms with E-state index >= 15 is 0 Å². The zero-order valence-electron chi connectivity index (χ0n) is 28.7. The molecule has 51 heavy (non-hydrogen) atoms. The molecule has 0 radical (unpaired) electrons. The van der Waals surface area contributed by atoms with Gasteiger partial charge in [-0.1, -0.05) is 24.3 Å². The van der Waals surface area contributed by atoms with Crippen molar-refractivity contribution >= 4 is 36.4 Å². The molecule has 0 spiro atoms. The molecule has 0 unspecified atom stereocenters. The van der Waals surface area contributed by atoms with E-state index in [0.717, 1.165) is 62.4 Å². The largest absolute Gasteiger partial charge is 0.459 e. The molecule has 12 nitrogen and oxygen atoms in total. The summed E-state index contributed by atoms with van der Waals surface area (Å²) < 4.78 is 15.7. The van der Waals surface area contributed by atoms with E-state index in [0.29, 0.717) is 36.6 Å². The number of aliphatic hydroxyl groups is 1. The standard InChI is InChI=1S/C20H15N3O4.C12H24N2O3.C6H6S/c1-13-5-7-27-18(13)20(25)23-16-4-2-3-14(9-16)6-8-26-17-10-15(19(21)24)11-22-12-17;15-9-2-1-3-13-4-6-14(7-5-13)8-11-17-12-10-16;7-6-4-2-1-3-5-6/h2-5,7,9-12H,1H3,(H2,21,24)(H,23,25);9,16H,1-8,10-12H2;1-5,7H. The summed E-state index contributed by atoms with van der Waals surface area (Å²) in [6, 6.07) is 19.9. The highest BCUT2D eigenvalue weighted by atomic mass is 32.1. The van der Waals surface area contributed by atoms with E-state index in [2.05, 4.69) is 44.8 Å². The Morgan fingerprint density at radius 3 is 2.39 bits per heavy atom. The number of carbonyl (C=O) groups is 3. The number of nitrogens with two attached hydrogens (primary N) is 1. The second-order valence-electron chi connectivity index (χ2n) is 11.2. The number of nitrogens with zero attached hydrogens (tertiary/aromatic N) is 3. The van der Waals surface area contributed by atoms with Gasteiger partial charge in [0.1, 0.15) is 12.4 Å². The van der Waals surface area contributed by atoms with E-state index in [4.69, 9.17) is 24.7 Å². The molecule has 5 rings (SSSR count). The van der Waals surface area contributed by atoms with Gasteiger partial charge >= 0.3 is 0 Å². The van der Waals surface area contributed by atoms with Crippen LogP contribution in [-0.2, 0) is 9.53 Å². The Bertz CT molecular complexity index is 1700. The number of aldehydes is 1. The molecule has 0 atom stereocenters. The minimum Gasteiger partial charge on any atom is -0.459 e. The van der Waals surface area contributed by atoms with Crippen LogP contribution < -0.4 is 15.8 Å². The summed E-state index contributed by atoms with van der Waals surface area (Å²) >= 11 is 4.08. The number of benzene rings is 2. The first-order chi connectivity index (χ1) is 24.8. The molecular weight excluding hydrogens is 671 g/mol. The van der Waals surface area contributed by atoms with Crippen molar-refractivity contribution in [1.82, 2.24) is 14.8 Å². The molecule has 4 aromatic rings. The normalized spacial score (nSPS) is 12.5. The molecule has 0 saturated carbocycles. The number of rotatable bonds is 13. The number of furan rings is 1. The van der Waals surface area contributed by atoms with Crippen molar-refractivity contribution in [3.63, 3.8) is 0 Å². The van der Waals surface area contributed by atoms with E-state index in [-0.39, 0.29) is 23.8 Å². The van der Waals surface area contributed by atoms with Gasteiger partial charge < -0.3 is 39.7 Å². The third kappa shape index (κ3) is 16.1. The van der Waals surface area contributed by atoms with Crippen molar-refractivity contribution in [2.45, 2.75) is 24.7 Å². The lowest BCUT2D eigenvalue weighted by Gasteiger charge is -2.34. The highest BCUT2D eigenvalue weighted by molar-refractivity contribution is 7.80. The number of aryl methyl sites for hydroxylation is 1. The lowest BCUT2D eigenvalue weighted by Crippen LogP contribution is -2.47. The van der Waals surface area contributed by atoms with Crippen LogP contribution in [-0.4, -0.2) is 97.1 Å². The zero-order chi connectivity index (χ0) is 36.7. The molecule has 0 aliphatic carbocycles. The monoisotopic (exact) mass is 715 g/mol. The molecule has 2 aromatic carbocycles. The van der Waals surface area contributed by atoms with E-state index in [9.17, 15) is 14.4 Å². The van der Waals surface area contributed by atoms with Gasteiger partial charge in [0.05, 0.1) is 37.8 Å². The number of piperazine rings is 1. The maximum atomic E-state index is 12.2.